The number of carbonyl (C=O) groups is 2. The van der Waals surface area contributed by atoms with Gasteiger partial charge >= 0.3 is 12.1 Å². The first-order valence-corrected chi connectivity index (χ1v) is 9.37. The van der Waals surface area contributed by atoms with Gasteiger partial charge in [0, 0.05) is 11.3 Å². The van der Waals surface area contributed by atoms with Gasteiger partial charge in [-0.05, 0) is 48.5 Å². The lowest BCUT2D eigenvalue weighted by molar-refractivity contribution is -0.137. The van der Waals surface area contributed by atoms with E-state index in [9.17, 15) is 22.8 Å². The lowest BCUT2D eigenvalue weighted by atomic mass is 10.1. The van der Waals surface area contributed by atoms with Crippen LogP contribution in [0, 0.1) is 0 Å². The van der Waals surface area contributed by atoms with Crippen molar-refractivity contribution in [2.24, 2.45) is 5.10 Å². The van der Waals surface area contributed by atoms with Crippen LogP contribution in [0.1, 0.15) is 21.7 Å². The van der Waals surface area contributed by atoms with Gasteiger partial charge in [-0.15, -0.1) is 0 Å². The number of hydrogen-bond acceptors (Lipinski definition) is 5. The average Bonchev–Trinajstić information content (AvgIpc) is 3.21. The first-order valence-electron chi connectivity index (χ1n) is 8.99. The standard InChI is InChI=1S/C21H15ClF3N3O4/c22-17-6-4-12(8-16(17)20(30)31)18-7-5-15(32-18)10-27-28-19(29)11-26-14-3-1-2-13(9-14)21(23,24)25/h1-10,26H,11H2,(H,28,29)(H,30,31)/b27-10-. The Morgan fingerprint density at radius 1 is 1.12 bits per heavy atom. The third kappa shape index (κ3) is 5.88. The number of anilines is 1. The molecule has 0 atom stereocenters. The fraction of sp³-hybridized carbons (Fsp3) is 0.0952. The molecule has 3 N–H and O–H groups in total. The van der Waals surface area contributed by atoms with E-state index in [0.29, 0.717) is 11.3 Å². The summed E-state index contributed by atoms with van der Waals surface area (Å²) in [5.74, 6) is -1.12. The van der Waals surface area contributed by atoms with Crippen LogP contribution in [0.25, 0.3) is 11.3 Å². The molecule has 0 aliphatic carbocycles. The van der Waals surface area contributed by atoms with Crippen molar-refractivity contribution < 1.29 is 32.3 Å². The van der Waals surface area contributed by atoms with Gasteiger partial charge in [0.25, 0.3) is 5.91 Å². The van der Waals surface area contributed by atoms with Crippen LogP contribution in [-0.2, 0) is 11.0 Å². The van der Waals surface area contributed by atoms with Crippen LogP contribution in [0.4, 0.5) is 18.9 Å². The van der Waals surface area contributed by atoms with E-state index in [1.165, 1.54) is 30.5 Å². The summed E-state index contributed by atoms with van der Waals surface area (Å²) in [6.45, 7) is -0.301. The molecule has 1 amide bonds. The second-order valence-electron chi connectivity index (χ2n) is 6.43. The number of carboxylic acids is 1. The molecule has 2 aromatic carbocycles. The van der Waals surface area contributed by atoms with Gasteiger partial charge < -0.3 is 14.8 Å². The fourth-order valence-electron chi connectivity index (χ4n) is 2.62. The first-order chi connectivity index (χ1) is 15.1. The van der Waals surface area contributed by atoms with Crippen LogP contribution in [0.5, 0.6) is 0 Å². The molecule has 32 heavy (non-hydrogen) atoms. The highest BCUT2D eigenvalue weighted by atomic mass is 35.5. The number of nitrogens with one attached hydrogen (secondary N) is 2. The predicted molar refractivity (Wildman–Crippen MR) is 112 cm³/mol. The zero-order valence-electron chi connectivity index (χ0n) is 16.1. The van der Waals surface area contributed by atoms with Crippen molar-refractivity contribution in [1.29, 1.82) is 0 Å². The van der Waals surface area contributed by atoms with Gasteiger partial charge in [0.1, 0.15) is 11.5 Å². The monoisotopic (exact) mass is 465 g/mol. The Bertz CT molecular complexity index is 1180. The lowest BCUT2D eigenvalue weighted by Crippen LogP contribution is -2.26. The normalized spacial score (nSPS) is 11.5. The zero-order valence-corrected chi connectivity index (χ0v) is 16.9. The molecule has 0 unspecified atom stereocenters. The number of benzene rings is 2. The molecule has 0 saturated carbocycles. The van der Waals surface area contributed by atoms with Crippen molar-refractivity contribution >= 4 is 35.4 Å². The highest BCUT2D eigenvalue weighted by molar-refractivity contribution is 6.33. The molecule has 0 aliphatic rings. The molecule has 0 radical (unpaired) electrons. The van der Waals surface area contributed by atoms with E-state index in [4.69, 9.17) is 21.1 Å². The van der Waals surface area contributed by atoms with E-state index in [-0.39, 0.29) is 28.6 Å². The van der Waals surface area contributed by atoms with Gasteiger partial charge in [-0.1, -0.05) is 17.7 Å². The number of furan rings is 1. The largest absolute Gasteiger partial charge is 0.478 e. The predicted octanol–water partition coefficient (Wildman–Crippen LogP) is 4.88. The molecule has 1 aromatic heterocycles. The summed E-state index contributed by atoms with van der Waals surface area (Å²) in [5.41, 5.74) is 1.94. The molecule has 1 heterocycles. The smallest absolute Gasteiger partial charge is 0.416 e. The number of halogens is 4. The Labute approximate surface area is 184 Å². The molecule has 0 bridgehead atoms. The van der Waals surface area contributed by atoms with Gasteiger partial charge in [0.15, 0.2) is 0 Å². The Balaban J connectivity index is 1.56. The van der Waals surface area contributed by atoms with Crippen LogP contribution in [0.15, 0.2) is 64.1 Å². The van der Waals surface area contributed by atoms with Gasteiger partial charge in [-0.2, -0.15) is 18.3 Å². The molecular formula is C21H15ClF3N3O4. The van der Waals surface area contributed by atoms with E-state index in [1.54, 1.807) is 18.2 Å². The van der Waals surface area contributed by atoms with E-state index in [0.717, 1.165) is 12.1 Å². The number of hydrazone groups is 1. The quantitative estimate of drug-likeness (QED) is 0.341. The van der Waals surface area contributed by atoms with Crippen LogP contribution in [-0.4, -0.2) is 29.7 Å². The second-order valence-corrected chi connectivity index (χ2v) is 6.83. The maximum atomic E-state index is 12.7. The summed E-state index contributed by atoms with van der Waals surface area (Å²) < 4.78 is 43.7. The van der Waals surface area contributed by atoms with Gasteiger partial charge in [-0.3, -0.25) is 4.79 Å². The molecule has 11 heteroatoms. The molecule has 7 nitrogen and oxygen atoms in total. The maximum Gasteiger partial charge on any atom is 0.416 e. The Hall–Kier alpha value is -3.79. The molecule has 3 aromatic rings. The number of hydrogen-bond donors (Lipinski definition) is 3. The summed E-state index contributed by atoms with van der Waals surface area (Å²) in [4.78, 5) is 23.0. The zero-order chi connectivity index (χ0) is 23.3. The topological polar surface area (TPSA) is 104 Å². The van der Waals surface area contributed by atoms with E-state index in [1.807, 2.05) is 0 Å². The molecule has 166 valence electrons. The third-order valence-corrected chi connectivity index (χ3v) is 4.46. The number of rotatable bonds is 7. The van der Waals surface area contributed by atoms with Crippen molar-refractivity contribution in [3.05, 3.63) is 76.5 Å². The summed E-state index contributed by atoms with van der Waals surface area (Å²) in [6.07, 6.45) is -3.26. The molecule has 0 aliphatic heterocycles. The number of amides is 1. The summed E-state index contributed by atoms with van der Waals surface area (Å²) >= 11 is 5.85. The molecule has 0 spiro atoms. The minimum atomic E-state index is -4.48. The minimum Gasteiger partial charge on any atom is -0.478 e. The van der Waals surface area contributed by atoms with Crippen molar-refractivity contribution in [2.75, 3.05) is 11.9 Å². The average molecular weight is 466 g/mol. The van der Waals surface area contributed by atoms with Gasteiger partial charge in [0.2, 0.25) is 0 Å². The van der Waals surface area contributed by atoms with Crippen LogP contribution in [0.3, 0.4) is 0 Å². The fourth-order valence-corrected chi connectivity index (χ4v) is 2.81. The van der Waals surface area contributed by atoms with Crippen LogP contribution < -0.4 is 10.7 Å². The molecule has 0 fully saturated rings. The number of aromatic carboxylic acids is 1. The number of carboxylic acid groups (broad SMARTS) is 1. The maximum absolute atomic E-state index is 12.7. The number of nitrogens with zero attached hydrogens (tertiary/aromatic N) is 1. The van der Waals surface area contributed by atoms with E-state index < -0.39 is 23.6 Å². The second kappa shape index (κ2) is 9.56. The van der Waals surface area contributed by atoms with E-state index in [2.05, 4.69) is 15.8 Å². The number of alkyl halides is 3. The summed E-state index contributed by atoms with van der Waals surface area (Å²) in [6, 6.07) is 12.0. The van der Waals surface area contributed by atoms with Crippen LogP contribution >= 0.6 is 11.6 Å². The van der Waals surface area contributed by atoms with Gasteiger partial charge in [0.05, 0.1) is 28.9 Å². The third-order valence-electron chi connectivity index (χ3n) is 4.13. The first kappa shape index (κ1) is 22.9. The lowest BCUT2D eigenvalue weighted by Gasteiger charge is -2.09. The Morgan fingerprint density at radius 3 is 2.62 bits per heavy atom. The Kier molecular flexibility index (Phi) is 6.84. The van der Waals surface area contributed by atoms with Crippen molar-refractivity contribution in [3.8, 4) is 11.3 Å². The SMILES string of the molecule is O=C(CNc1cccc(C(F)(F)F)c1)N/N=C\c1ccc(-c2ccc(Cl)c(C(=O)O)c2)o1. The molecule has 3 rings (SSSR count). The van der Waals surface area contributed by atoms with Crippen LogP contribution in [0.2, 0.25) is 5.02 Å². The Morgan fingerprint density at radius 2 is 1.91 bits per heavy atom. The number of carbonyl (C=O) groups excluding carboxylic acids is 1. The summed E-state index contributed by atoms with van der Waals surface area (Å²) in [7, 11) is 0. The summed E-state index contributed by atoms with van der Waals surface area (Å²) in [5, 5.41) is 15.5. The van der Waals surface area contributed by atoms with Crippen molar-refractivity contribution in [2.45, 2.75) is 6.18 Å². The van der Waals surface area contributed by atoms with Crippen molar-refractivity contribution in [3.63, 3.8) is 0 Å². The molecular weight excluding hydrogens is 451 g/mol. The molecule has 0 saturated heterocycles. The van der Waals surface area contributed by atoms with Crippen molar-refractivity contribution in [1.82, 2.24) is 5.43 Å². The minimum absolute atomic E-state index is 0.0729. The van der Waals surface area contributed by atoms with E-state index >= 15 is 0 Å². The highest BCUT2D eigenvalue weighted by Gasteiger charge is 2.30. The van der Waals surface area contributed by atoms with Gasteiger partial charge in [-0.25, -0.2) is 10.2 Å². The highest BCUT2D eigenvalue weighted by Crippen LogP contribution is 2.30.